The molecule has 4 rings (SSSR count). The molecule has 0 amide bonds. The van der Waals surface area contributed by atoms with E-state index in [9.17, 15) is 9.90 Å². The van der Waals surface area contributed by atoms with Crippen LogP contribution in [-0.4, -0.2) is 76.4 Å². The Labute approximate surface area is 231 Å². The predicted octanol–water partition coefficient (Wildman–Crippen LogP) is 4.51. The third kappa shape index (κ3) is 9.01. The summed E-state index contributed by atoms with van der Waals surface area (Å²) in [5.41, 5.74) is 4.14. The van der Waals surface area contributed by atoms with Crippen LogP contribution >= 0.6 is 0 Å². The van der Waals surface area contributed by atoms with Crippen LogP contribution in [0.2, 0.25) is 0 Å². The Morgan fingerprint density at radius 1 is 1.13 bits per heavy atom. The van der Waals surface area contributed by atoms with Crippen LogP contribution in [0.1, 0.15) is 43.9 Å². The summed E-state index contributed by atoms with van der Waals surface area (Å²) in [6.07, 6.45) is 7.15. The molecular weight excluding hydrogens is 492 g/mol. The molecule has 9 heteroatoms. The van der Waals surface area contributed by atoms with Gasteiger partial charge in [-0.05, 0) is 63.6 Å². The third-order valence-electron chi connectivity index (χ3n) is 6.96. The van der Waals surface area contributed by atoms with Gasteiger partial charge in [-0.15, -0.1) is 0 Å². The minimum Gasteiger partial charge on any atom is -0.480 e. The molecule has 0 radical (unpaired) electrons. The van der Waals surface area contributed by atoms with Crippen LogP contribution in [0.25, 0.3) is 11.3 Å². The number of hydrogen-bond acceptors (Lipinski definition) is 8. The highest BCUT2D eigenvalue weighted by Gasteiger charge is 2.20. The number of unbranched alkanes of at least 4 members (excludes halogenated alkanes) is 1. The highest BCUT2D eigenvalue weighted by Crippen LogP contribution is 2.21. The molecular formula is C30H40N6O3. The van der Waals surface area contributed by atoms with Gasteiger partial charge in [0.15, 0.2) is 0 Å². The van der Waals surface area contributed by atoms with Gasteiger partial charge in [0, 0.05) is 43.6 Å². The van der Waals surface area contributed by atoms with Crippen molar-refractivity contribution in [3.63, 3.8) is 0 Å². The number of nitrogens with one attached hydrogen (secondary N) is 2. The number of fused-ring (bicyclic) bond motifs is 1. The topological polar surface area (TPSA) is 113 Å². The number of aromatic nitrogens is 3. The number of ether oxygens (including phenoxy) is 1. The van der Waals surface area contributed by atoms with Crippen LogP contribution in [-0.2, 0) is 22.4 Å². The van der Waals surface area contributed by atoms with Crippen molar-refractivity contribution < 1.29 is 14.6 Å². The number of aryl methyl sites for hydroxylation is 2. The zero-order valence-electron chi connectivity index (χ0n) is 22.8. The maximum atomic E-state index is 12.1. The van der Waals surface area contributed by atoms with Crippen LogP contribution < -0.4 is 10.6 Å². The first kappa shape index (κ1) is 28.4. The zero-order chi connectivity index (χ0) is 27.3. The molecule has 39 heavy (non-hydrogen) atoms. The van der Waals surface area contributed by atoms with Crippen LogP contribution in [0.3, 0.4) is 0 Å². The molecule has 3 heterocycles. The van der Waals surface area contributed by atoms with E-state index in [1.807, 2.05) is 37.3 Å². The van der Waals surface area contributed by atoms with Crippen molar-refractivity contribution in [3.05, 3.63) is 66.1 Å². The van der Waals surface area contributed by atoms with E-state index in [4.69, 9.17) is 9.72 Å². The molecule has 0 saturated carbocycles. The Kier molecular flexibility index (Phi) is 11.0. The quantitative estimate of drug-likeness (QED) is 0.229. The Bertz CT molecular complexity index is 1180. The Hall–Kier alpha value is -3.56. The van der Waals surface area contributed by atoms with Gasteiger partial charge in [-0.3, -0.25) is 0 Å². The second kappa shape index (κ2) is 15.1. The molecule has 1 aliphatic rings. The Balaban J connectivity index is 1.29. The van der Waals surface area contributed by atoms with Gasteiger partial charge in [0.2, 0.25) is 0 Å². The predicted molar refractivity (Wildman–Crippen MR) is 154 cm³/mol. The van der Waals surface area contributed by atoms with Gasteiger partial charge in [-0.2, -0.15) is 0 Å². The van der Waals surface area contributed by atoms with E-state index < -0.39 is 12.0 Å². The fourth-order valence-electron chi connectivity index (χ4n) is 4.77. The minimum absolute atomic E-state index is 0.449. The van der Waals surface area contributed by atoms with E-state index in [1.165, 1.54) is 11.9 Å². The molecule has 0 saturated heterocycles. The van der Waals surface area contributed by atoms with Crippen LogP contribution in [0.4, 0.5) is 11.6 Å². The number of nitrogens with zero attached hydrogens (tertiary/aromatic N) is 4. The lowest BCUT2D eigenvalue weighted by atomic mass is 10.1. The van der Waals surface area contributed by atoms with Gasteiger partial charge in [0.25, 0.3) is 0 Å². The first-order chi connectivity index (χ1) is 19.1. The minimum atomic E-state index is -0.897. The first-order valence-electron chi connectivity index (χ1n) is 14.0. The van der Waals surface area contributed by atoms with Gasteiger partial charge in [0.05, 0.1) is 12.3 Å². The van der Waals surface area contributed by atoms with Gasteiger partial charge in [-0.1, -0.05) is 36.4 Å². The highest BCUT2D eigenvalue weighted by molar-refractivity contribution is 5.77. The number of rotatable bonds is 16. The normalized spacial score (nSPS) is 13.5. The first-order valence-corrected chi connectivity index (χ1v) is 14.0. The summed E-state index contributed by atoms with van der Waals surface area (Å²) in [5, 5.41) is 16.4. The van der Waals surface area contributed by atoms with E-state index >= 15 is 0 Å². The summed E-state index contributed by atoms with van der Waals surface area (Å²) < 4.78 is 5.59. The van der Waals surface area contributed by atoms with Gasteiger partial charge in [-0.25, -0.2) is 19.7 Å². The van der Waals surface area contributed by atoms with Crippen molar-refractivity contribution in [2.45, 2.75) is 51.5 Å². The van der Waals surface area contributed by atoms with Crippen molar-refractivity contribution >= 4 is 17.6 Å². The Morgan fingerprint density at radius 3 is 2.82 bits per heavy atom. The summed E-state index contributed by atoms with van der Waals surface area (Å²) in [4.78, 5) is 27.8. The maximum Gasteiger partial charge on any atom is 0.326 e. The average molecular weight is 533 g/mol. The number of anilines is 2. The van der Waals surface area contributed by atoms with E-state index in [2.05, 4.69) is 37.6 Å². The Morgan fingerprint density at radius 2 is 2.00 bits per heavy atom. The molecule has 3 N–H and O–H groups in total. The van der Waals surface area contributed by atoms with E-state index in [0.29, 0.717) is 32.0 Å². The van der Waals surface area contributed by atoms with Crippen molar-refractivity contribution in [2.24, 2.45) is 0 Å². The summed E-state index contributed by atoms with van der Waals surface area (Å²) in [6.45, 7) is 6.58. The van der Waals surface area contributed by atoms with Crippen LogP contribution in [0.15, 0.2) is 54.9 Å². The van der Waals surface area contributed by atoms with E-state index in [1.54, 1.807) is 6.07 Å². The number of aliphatic carboxylic acids is 1. The largest absolute Gasteiger partial charge is 0.480 e. The highest BCUT2D eigenvalue weighted by atomic mass is 16.5. The lowest BCUT2D eigenvalue weighted by molar-refractivity contribution is -0.138. The molecule has 2 aromatic heterocycles. The number of pyridine rings is 1. The monoisotopic (exact) mass is 532 g/mol. The number of benzene rings is 1. The molecule has 1 atom stereocenters. The van der Waals surface area contributed by atoms with Crippen molar-refractivity contribution in [1.29, 1.82) is 0 Å². The smallest absolute Gasteiger partial charge is 0.326 e. The second-order valence-electron chi connectivity index (χ2n) is 9.81. The van der Waals surface area contributed by atoms with Crippen molar-refractivity contribution in [3.8, 4) is 11.3 Å². The molecule has 0 spiro atoms. The van der Waals surface area contributed by atoms with Crippen molar-refractivity contribution in [1.82, 2.24) is 19.9 Å². The van der Waals surface area contributed by atoms with Gasteiger partial charge in [0.1, 0.15) is 24.0 Å². The fourth-order valence-corrected chi connectivity index (χ4v) is 4.77. The number of carboxylic acid groups (broad SMARTS) is 1. The second-order valence-corrected chi connectivity index (χ2v) is 9.81. The van der Waals surface area contributed by atoms with Crippen molar-refractivity contribution in [2.75, 3.05) is 50.0 Å². The summed E-state index contributed by atoms with van der Waals surface area (Å²) >= 11 is 0. The number of hydrogen-bond donors (Lipinski definition) is 3. The average Bonchev–Trinajstić information content (AvgIpc) is 2.97. The maximum absolute atomic E-state index is 12.1. The molecule has 0 bridgehead atoms. The van der Waals surface area contributed by atoms with Crippen LogP contribution in [0, 0.1) is 0 Å². The number of carboxylic acids is 1. The summed E-state index contributed by atoms with van der Waals surface area (Å²) in [7, 11) is 0. The molecule has 1 unspecified atom stereocenters. The fraction of sp³-hybridized carbons (Fsp3) is 0.467. The lowest BCUT2D eigenvalue weighted by Crippen LogP contribution is -2.37. The van der Waals surface area contributed by atoms with E-state index in [0.717, 1.165) is 74.5 Å². The van der Waals surface area contributed by atoms with Gasteiger partial charge >= 0.3 is 5.97 Å². The standard InChI is InChI=1S/C30H40N6O3/c1-2-39-20-19-36(17-7-6-12-25-14-13-24-11-8-16-31-29(24)34-25)18-15-26(30(37)38)35-28-21-27(32-22-33-28)23-9-4-3-5-10-23/h3-5,9-10,13-14,21-22,26H,2,6-8,11-12,15-20H2,1H3,(H,31,34)(H,37,38)(H,32,33,35). The van der Waals surface area contributed by atoms with Crippen LogP contribution in [0.5, 0.6) is 0 Å². The van der Waals surface area contributed by atoms with E-state index in [-0.39, 0.29) is 0 Å². The zero-order valence-corrected chi connectivity index (χ0v) is 22.8. The summed E-state index contributed by atoms with van der Waals surface area (Å²) in [5.74, 6) is 0.653. The molecule has 0 aliphatic carbocycles. The molecule has 3 aromatic rings. The molecule has 0 fully saturated rings. The SMILES string of the molecule is CCOCCN(CCCCc1ccc2c(n1)NCCC2)CCC(Nc1cc(-c2ccccc2)ncn1)C(=O)O. The lowest BCUT2D eigenvalue weighted by Gasteiger charge is -2.24. The molecule has 1 aliphatic heterocycles. The molecule has 208 valence electrons. The molecule has 1 aromatic carbocycles. The number of carbonyl (C=O) groups is 1. The molecule has 9 nitrogen and oxygen atoms in total. The van der Waals surface area contributed by atoms with Gasteiger partial charge < -0.3 is 25.4 Å². The third-order valence-corrected chi connectivity index (χ3v) is 6.96. The summed E-state index contributed by atoms with van der Waals surface area (Å²) in [6, 6.07) is 15.2.